The van der Waals surface area contributed by atoms with Crippen molar-refractivity contribution in [3.05, 3.63) is 59.2 Å². The van der Waals surface area contributed by atoms with Gasteiger partial charge in [-0.3, -0.25) is 4.79 Å². The SMILES string of the molecule is COc1ccc(CC(=O)N2CCCC(c3ccc(C(=O)O)cc3)C2)c(OC)c1. The first kappa shape index (κ1) is 19.7. The number of hydrogen-bond donors (Lipinski definition) is 1. The zero-order valence-electron chi connectivity index (χ0n) is 16.2. The minimum absolute atomic E-state index is 0.0651. The molecule has 6 heteroatoms. The maximum atomic E-state index is 12.9. The Bertz CT molecular complexity index is 847. The summed E-state index contributed by atoms with van der Waals surface area (Å²) in [6.45, 7) is 1.38. The van der Waals surface area contributed by atoms with E-state index < -0.39 is 5.97 Å². The molecule has 0 bridgehead atoms. The summed E-state index contributed by atoms with van der Waals surface area (Å²) in [5.74, 6) is 0.690. The Hall–Kier alpha value is -3.02. The lowest BCUT2D eigenvalue weighted by molar-refractivity contribution is -0.131. The third-order valence-electron chi connectivity index (χ3n) is 5.24. The van der Waals surface area contributed by atoms with Crippen LogP contribution in [0.15, 0.2) is 42.5 Å². The van der Waals surface area contributed by atoms with E-state index in [1.165, 1.54) is 0 Å². The van der Waals surface area contributed by atoms with Crippen molar-refractivity contribution in [1.82, 2.24) is 4.90 Å². The molecule has 2 aromatic rings. The van der Waals surface area contributed by atoms with E-state index in [4.69, 9.17) is 14.6 Å². The van der Waals surface area contributed by atoms with E-state index >= 15 is 0 Å². The molecular weight excluding hydrogens is 358 g/mol. The predicted octanol–water partition coefficient (Wildman–Crippen LogP) is 3.35. The van der Waals surface area contributed by atoms with Crippen LogP contribution in [0.2, 0.25) is 0 Å². The lowest BCUT2D eigenvalue weighted by atomic mass is 9.90. The molecule has 1 fully saturated rings. The summed E-state index contributed by atoms with van der Waals surface area (Å²) in [5, 5.41) is 9.05. The van der Waals surface area contributed by atoms with Crippen LogP contribution in [0.4, 0.5) is 0 Å². The Kier molecular flexibility index (Phi) is 6.19. The van der Waals surface area contributed by atoms with Crippen LogP contribution in [0, 0.1) is 0 Å². The van der Waals surface area contributed by atoms with Crippen LogP contribution in [0.3, 0.4) is 0 Å². The number of carbonyl (C=O) groups excluding carboxylic acids is 1. The number of rotatable bonds is 6. The normalized spacial score (nSPS) is 16.5. The number of carbonyl (C=O) groups is 2. The van der Waals surface area contributed by atoms with Crippen LogP contribution in [0.5, 0.6) is 11.5 Å². The smallest absolute Gasteiger partial charge is 0.335 e. The summed E-state index contributed by atoms with van der Waals surface area (Å²) < 4.78 is 10.6. The summed E-state index contributed by atoms with van der Waals surface area (Å²) in [5.41, 5.74) is 2.19. The van der Waals surface area contributed by atoms with E-state index in [0.29, 0.717) is 18.0 Å². The van der Waals surface area contributed by atoms with Gasteiger partial charge in [0.15, 0.2) is 0 Å². The van der Waals surface area contributed by atoms with Gasteiger partial charge >= 0.3 is 5.97 Å². The summed E-state index contributed by atoms with van der Waals surface area (Å²) >= 11 is 0. The highest BCUT2D eigenvalue weighted by atomic mass is 16.5. The number of aromatic carboxylic acids is 1. The van der Waals surface area contributed by atoms with E-state index in [1.54, 1.807) is 32.4 Å². The number of carboxylic acid groups (broad SMARTS) is 1. The van der Waals surface area contributed by atoms with Gasteiger partial charge in [-0.1, -0.05) is 18.2 Å². The molecule has 1 amide bonds. The highest BCUT2D eigenvalue weighted by Gasteiger charge is 2.25. The largest absolute Gasteiger partial charge is 0.497 e. The maximum Gasteiger partial charge on any atom is 0.335 e. The molecule has 0 aliphatic carbocycles. The quantitative estimate of drug-likeness (QED) is 0.828. The van der Waals surface area contributed by atoms with Crippen molar-refractivity contribution in [3.8, 4) is 11.5 Å². The molecular formula is C22H25NO5. The molecule has 1 unspecified atom stereocenters. The molecule has 0 spiro atoms. The zero-order valence-corrected chi connectivity index (χ0v) is 16.2. The first-order chi connectivity index (χ1) is 13.5. The number of benzene rings is 2. The van der Waals surface area contributed by atoms with Crippen LogP contribution in [-0.2, 0) is 11.2 Å². The average Bonchev–Trinajstić information content (AvgIpc) is 2.74. The van der Waals surface area contributed by atoms with E-state index in [2.05, 4.69) is 0 Å². The fourth-order valence-corrected chi connectivity index (χ4v) is 3.65. The number of hydrogen-bond acceptors (Lipinski definition) is 4. The molecule has 28 heavy (non-hydrogen) atoms. The van der Waals surface area contributed by atoms with Crippen molar-refractivity contribution in [2.45, 2.75) is 25.2 Å². The third kappa shape index (κ3) is 4.44. The molecule has 148 valence electrons. The molecule has 1 atom stereocenters. The maximum absolute atomic E-state index is 12.9. The van der Waals surface area contributed by atoms with Crippen molar-refractivity contribution < 1.29 is 24.2 Å². The van der Waals surface area contributed by atoms with Crippen LogP contribution in [-0.4, -0.2) is 49.2 Å². The second-order valence-electron chi connectivity index (χ2n) is 6.96. The zero-order chi connectivity index (χ0) is 20.1. The molecule has 3 rings (SSSR count). The Labute approximate surface area is 164 Å². The van der Waals surface area contributed by atoms with Gasteiger partial charge < -0.3 is 19.5 Å². The second-order valence-corrected chi connectivity index (χ2v) is 6.96. The second kappa shape index (κ2) is 8.78. The highest BCUT2D eigenvalue weighted by Crippen LogP contribution is 2.29. The average molecular weight is 383 g/mol. The van der Waals surface area contributed by atoms with Crippen molar-refractivity contribution in [2.24, 2.45) is 0 Å². The molecule has 1 N–H and O–H groups in total. The summed E-state index contributed by atoms with van der Waals surface area (Å²) in [4.78, 5) is 25.8. The van der Waals surface area contributed by atoms with Crippen molar-refractivity contribution in [2.75, 3.05) is 27.3 Å². The fourth-order valence-electron chi connectivity index (χ4n) is 3.65. The minimum atomic E-state index is -0.930. The molecule has 2 aromatic carbocycles. The first-order valence-corrected chi connectivity index (χ1v) is 9.33. The van der Waals surface area contributed by atoms with Crippen LogP contribution >= 0.6 is 0 Å². The monoisotopic (exact) mass is 383 g/mol. The molecule has 0 aromatic heterocycles. The first-order valence-electron chi connectivity index (χ1n) is 9.33. The third-order valence-corrected chi connectivity index (χ3v) is 5.24. The van der Waals surface area contributed by atoms with Gasteiger partial charge in [-0.05, 0) is 36.6 Å². The van der Waals surface area contributed by atoms with Crippen molar-refractivity contribution >= 4 is 11.9 Å². The van der Waals surface area contributed by atoms with Crippen LogP contribution in [0.1, 0.15) is 40.2 Å². The Balaban J connectivity index is 1.68. The number of piperidine rings is 1. The van der Waals surface area contributed by atoms with E-state index in [-0.39, 0.29) is 23.8 Å². The van der Waals surface area contributed by atoms with Gasteiger partial charge in [-0.15, -0.1) is 0 Å². The van der Waals surface area contributed by atoms with Crippen molar-refractivity contribution in [3.63, 3.8) is 0 Å². The topological polar surface area (TPSA) is 76.1 Å². The van der Waals surface area contributed by atoms with Gasteiger partial charge in [0.25, 0.3) is 0 Å². The highest BCUT2D eigenvalue weighted by molar-refractivity contribution is 5.87. The van der Waals surface area contributed by atoms with Gasteiger partial charge in [0, 0.05) is 30.6 Å². The molecule has 1 aliphatic heterocycles. The summed E-state index contributed by atoms with van der Waals surface area (Å²) in [6.07, 6.45) is 2.19. The Morgan fingerprint density at radius 2 is 1.86 bits per heavy atom. The van der Waals surface area contributed by atoms with Gasteiger partial charge in [-0.25, -0.2) is 4.79 Å². The standard InChI is InChI=1S/C22H25NO5/c1-27-19-10-9-17(20(13-19)28-2)12-21(24)23-11-3-4-18(14-23)15-5-7-16(8-6-15)22(25)26/h5-10,13,18H,3-4,11-12,14H2,1-2H3,(H,25,26). The van der Waals surface area contributed by atoms with Gasteiger partial charge in [-0.2, -0.15) is 0 Å². The number of likely N-dealkylation sites (tertiary alicyclic amines) is 1. The number of amides is 1. The number of methoxy groups -OCH3 is 2. The van der Waals surface area contributed by atoms with E-state index in [0.717, 1.165) is 30.5 Å². The summed E-state index contributed by atoms with van der Waals surface area (Å²) in [7, 11) is 3.18. The number of ether oxygens (including phenoxy) is 2. The molecule has 1 aliphatic rings. The summed E-state index contributed by atoms with van der Waals surface area (Å²) in [6, 6.07) is 12.4. The van der Waals surface area contributed by atoms with Crippen molar-refractivity contribution in [1.29, 1.82) is 0 Å². The number of nitrogens with zero attached hydrogens (tertiary/aromatic N) is 1. The van der Waals surface area contributed by atoms with Crippen LogP contribution < -0.4 is 9.47 Å². The Morgan fingerprint density at radius 1 is 1.11 bits per heavy atom. The molecule has 6 nitrogen and oxygen atoms in total. The van der Waals surface area contributed by atoms with Crippen LogP contribution in [0.25, 0.3) is 0 Å². The molecule has 0 radical (unpaired) electrons. The van der Waals surface area contributed by atoms with Gasteiger partial charge in [0.1, 0.15) is 11.5 Å². The lowest BCUT2D eigenvalue weighted by Gasteiger charge is -2.33. The van der Waals surface area contributed by atoms with Gasteiger partial charge in [0.05, 0.1) is 26.2 Å². The van der Waals surface area contributed by atoms with E-state index in [1.807, 2.05) is 29.2 Å². The lowest BCUT2D eigenvalue weighted by Crippen LogP contribution is -2.40. The minimum Gasteiger partial charge on any atom is -0.497 e. The molecule has 1 heterocycles. The fraction of sp³-hybridized carbons (Fsp3) is 0.364. The Morgan fingerprint density at radius 3 is 2.50 bits per heavy atom. The molecule has 0 saturated carbocycles. The molecule has 1 saturated heterocycles. The predicted molar refractivity (Wildman–Crippen MR) is 105 cm³/mol. The van der Waals surface area contributed by atoms with Gasteiger partial charge in [0.2, 0.25) is 5.91 Å². The van der Waals surface area contributed by atoms with E-state index in [9.17, 15) is 9.59 Å². The number of carboxylic acids is 1.